The first kappa shape index (κ1) is 41.8. The molecule has 296 valence electrons. The Bertz CT molecular complexity index is 2490. The van der Waals surface area contributed by atoms with E-state index in [2.05, 4.69) is 39.6 Å². The quantitative estimate of drug-likeness (QED) is 0.0424. The van der Waals surface area contributed by atoms with Crippen LogP contribution in [0.15, 0.2) is 83.8 Å². The first-order valence-electron chi connectivity index (χ1n) is 17.5. The number of nitrogens with two attached hydrogens (primary N) is 1. The SMILES string of the molecule is C#COP(=O)(OC#C)OCCc1ccc(CC(=O)c2ccccc2CC(=O)CC[C@H](NC(=O)c2ccc(NCc3cnc4nc(N)[nH]c(=O)c4n3)cc2)C(=O)O)cc1. The summed E-state index contributed by atoms with van der Waals surface area (Å²) in [5.41, 5.74) is 8.77. The number of benzene rings is 3. The van der Waals surface area contributed by atoms with Gasteiger partial charge in [0.25, 0.3) is 11.5 Å². The van der Waals surface area contributed by atoms with Crippen LogP contribution in [0.3, 0.4) is 0 Å². The number of terminal acetylenes is 2. The number of hydrogen-bond acceptors (Lipinski definition) is 14. The molecule has 18 heteroatoms. The molecule has 0 bridgehead atoms. The van der Waals surface area contributed by atoms with E-state index in [9.17, 15) is 33.6 Å². The number of nitrogen functional groups attached to an aromatic ring is 1. The number of rotatable bonds is 20. The number of Topliss-reactive ketones (excluding diaryl/α,β-unsaturated/α-hetero) is 2. The number of carbonyl (C=O) groups excluding carboxylic acids is 3. The number of anilines is 2. The lowest BCUT2D eigenvalue weighted by Gasteiger charge is -2.15. The van der Waals surface area contributed by atoms with Gasteiger partial charge in [-0.05, 0) is 53.8 Å². The minimum Gasteiger partial charge on any atom is -0.480 e. The van der Waals surface area contributed by atoms with Gasteiger partial charge in [0.1, 0.15) is 24.0 Å². The molecule has 17 nitrogen and oxygen atoms in total. The Kier molecular flexibility index (Phi) is 14.1. The van der Waals surface area contributed by atoms with E-state index in [-0.39, 0.29) is 73.1 Å². The van der Waals surface area contributed by atoms with Crippen LogP contribution in [0.25, 0.3) is 11.2 Å². The lowest BCUT2D eigenvalue weighted by molar-refractivity contribution is -0.139. The molecule has 0 aliphatic rings. The Morgan fingerprint density at radius 2 is 1.62 bits per heavy atom. The third-order valence-corrected chi connectivity index (χ3v) is 9.64. The standard InChI is InChI=1S/C40H36N7O10P/c1-3-55-58(54,56-4-2)57-20-19-25-9-11-26(12-10-25)21-34(49)32-8-6-5-7-28(32)22-31(48)17-18-33(39(52)53)45-37(50)27-13-15-29(16-14-27)42-23-30-24-43-36-35(44-30)38(51)47-40(41)46-36/h1-2,5-16,24,33,42H,17-23H2,(H,45,50)(H,52,53)(H3,41,43,46,47,51)/t33-/m0/s1. The van der Waals surface area contributed by atoms with Crippen molar-refractivity contribution < 1.29 is 42.4 Å². The second-order valence-corrected chi connectivity index (χ2v) is 14.1. The van der Waals surface area contributed by atoms with Crippen LogP contribution in [0.4, 0.5) is 11.6 Å². The summed E-state index contributed by atoms with van der Waals surface area (Å²) in [7, 11) is -4.08. The van der Waals surface area contributed by atoms with E-state index >= 15 is 0 Å². The number of phosphoric ester groups is 1. The van der Waals surface area contributed by atoms with Gasteiger partial charge in [-0.25, -0.2) is 19.3 Å². The summed E-state index contributed by atoms with van der Waals surface area (Å²) in [5, 5.41) is 15.4. The Balaban J connectivity index is 1.10. The number of carboxylic acid groups (broad SMARTS) is 1. The highest BCUT2D eigenvalue weighted by Gasteiger charge is 2.28. The number of nitrogens with one attached hydrogen (secondary N) is 3. The third-order valence-electron chi connectivity index (χ3n) is 8.48. The topological polar surface area (TPSA) is 255 Å². The summed E-state index contributed by atoms with van der Waals surface area (Å²) >= 11 is 0. The zero-order chi connectivity index (χ0) is 41.7. The van der Waals surface area contributed by atoms with Gasteiger partial charge < -0.3 is 30.5 Å². The predicted molar refractivity (Wildman–Crippen MR) is 211 cm³/mol. The molecule has 0 aliphatic heterocycles. The number of fused-ring (bicyclic) bond motifs is 1. The minimum absolute atomic E-state index is 0.0369. The Labute approximate surface area is 331 Å². The maximum absolute atomic E-state index is 13.3. The van der Waals surface area contributed by atoms with E-state index in [4.69, 9.17) is 23.1 Å². The molecule has 2 heterocycles. The molecule has 1 amide bonds. The molecule has 0 saturated carbocycles. The van der Waals surface area contributed by atoms with Crippen molar-refractivity contribution >= 4 is 54.1 Å². The number of aliphatic carboxylic acids is 1. The van der Waals surface area contributed by atoms with Crippen molar-refractivity contribution in [1.29, 1.82) is 0 Å². The second kappa shape index (κ2) is 19.5. The van der Waals surface area contributed by atoms with Gasteiger partial charge in [0.15, 0.2) is 16.9 Å². The average Bonchev–Trinajstić information content (AvgIpc) is 3.19. The summed E-state index contributed by atoms with van der Waals surface area (Å²) in [6, 6.07) is 18.6. The number of hydrogen-bond donors (Lipinski definition) is 5. The first-order valence-corrected chi connectivity index (χ1v) is 18.9. The van der Waals surface area contributed by atoms with E-state index in [0.717, 1.165) is 5.56 Å². The number of aromatic amines is 1. The van der Waals surface area contributed by atoms with E-state index in [1.54, 1.807) is 72.9 Å². The normalized spacial score (nSPS) is 11.4. The van der Waals surface area contributed by atoms with Gasteiger partial charge in [0, 0.05) is 36.1 Å². The van der Waals surface area contributed by atoms with Crippen molar-refractivity contribution in [3.63, 3.8) is 0 Å². The molecular weight excluding hydrogens is 769 g/mol. The molecule has 0 unspecified atom stereocenters. The fraction of sp³-hybridized carbons (Fsp3) is 0.200. The van der Waals surface area contributed by atoms with Crippen LogP contribution >= 0.6 is 7.82 Å². The molecule has 0 fully saturated rings. The van der Waals surface area contributed by atoms with E-state index in [0.29, 0.717) is 34.5 Å². The van der Waals surface area contributed by atoms with Crippen LogP contribution in [0.1, 0.15) is 55.9 Å². The summed E-state index contributed by atoms with van der Waals surface area (Å²) in [6.45, 7) is 0.127. The predicted octanol–water partition coefficient (Wildman–Crippen LogP) is 3.99. The van der Waals surface area contributed by atoms with Crippen LogP contribution in [0.2, 0.25) is 0 Å². The highest BCUT2D eigenvalue weighted by atomic mass is 31.2. The monoisotopic (exact) mass is 805 g/mol. The molecule has 58 heavy (non-hydrogen) atoms. The molecule has 3 aromatic carbocycles. The Morgan fingerprint density at radius 3 is 2.31 bits per heavy atom. The van der Waals surface area contributed by atoms with Crippen LogP contribution in [-0.2, 0) is 53.5 Å². The number of ketones is 2. The van der Waals surface area contributed by atoms with Gasteiger partial charge in [-0.2, -0.15) is 4.98 Å². The Morgan fingerprint density at radius 1 is 0.931 bits per heavy atom. The number of amides is 1. The van der Waals surface area contributed by atoms with Crippen molar-refractivity contribution in [2.24, 2.45) is 0 Å². The van der Waals surface area contributed by atoms with Crippen LogP contribution in [0, 0.1) is 25.1 Å². The summed E-state index contributed by atoms with van der Waals surface area (Å²) in [5.74, 6) is -2.56. The minimum atomic E-state index is -4.08. The number of carboxylic acids is 1. The zero-order valence-electron chi connectivity index (χ0n) is 30.7. The van der Waals surface area contributed by atoms with Crippen molar-refractivity contribution in [3.05, 3.63) is 123 Å². The molecule has 0 aliphatic carbocycles. The van der Waals surface area contributed by atoms with Gasteiger partial charge >= 0.3 is 13.8 Å². The van der Waals surface area contributed by atoms with E-state index in [1.807, 2.05) is 0 Å². The molecule has 6 N–H and O–H groups in total. The summed E-state index contributed by atoms with van der Waals surface area (Å²) in [4.78, 5) is 78.2. The van der Waals surface area contributed by atoms with Gasteiger partial charge in [-0.3, -0.25) is 28.7 Å². The van der Waals surface area contributed by atoms with E-state index in [1.165, 1.54) is 18.3 Å². The average molecular weight is 806 g/mol. The number of phosphoric acid groups is 1. The van der Waals surface area contributed by atoms with Gasteiger partial charge in [0.2, 0.25) is 5.95 Å². The molecule has 2 aromatic heterocycles. The molecule has 1 atom stereocenters. The van der Waals surface area contributed by atoms with Crippen LogP contribution in [0.5, 0.6) is 0 Å². The van der Waals surface area contributed by atoms with Gasteiger partial charge in [-0.1, -0.05) is 61.4 Å². The second-order valence-electron chi connectivity index (χ2n) is 12.6. The molecular formula is C40H36N7O10P. The lowest BCUT2D eigenvalue weighted by atomic mass is 9.94. The zero-order valence-corrected chi connectivity index (χ0v) is 31.6. The summed E-state index contributed by atoms with van der Waals surface area (Å²) < 4.78 is 26.4. The van der Waals surface area contributed by atoms with Crippen LogP contribution < -0.4 is 21.9 Å². The largest absolute Gasteiger partial charge is 0.604 e. The molecule has 0 radical (unpaired) electrons. The fourth-order valence-electron chi connectivity index (χ4n) is 5.62. The fourth-order valence-corrected chi connectivity index (χ4v) is 6.34. The van der Waals surface area contributed by atoms with Crippen molar-refractivity contribution in [2.75, 3.05) is 17.7 Å². The van der Waals surface area contributed by atoms with Crippen LogP contribution in [-0.4, -0.2) is 61.1 Å². The maximum Gasteiger partial charge on any atom is 0.604 e. The van der Waals surface area contributed by atoms with Crippen molar-refractivity contribution in [2.45, 2.75) is 44.7 Å². The van der Waals surface area contributed by atoms with Crippen molar-refractivity contribution in [3.8, 4) is 25.1 Å². The maximum atomic E-state index is 13.3. The number of aromatic nitrogens is 4. The first-order chi connectivity index (χ1) is 27.9. The van der Waals surface area contributed by atoms with E-state index < -0.39 is 31.3 Å². The summed E-state index contributed by atoms with van der Waals surface area (Å²) in [6.07, 6.45) is 14.8. The number of H-pyrrole nitrogens is 1. The van der Waals surface area contributed by atoms with Gasteiger partial charge in [0.05, 0.1) is 25.0 Å². The number of nitrogens with zero attached hydrogens (tertiary/aromatic N) is 3. The molecule has 5 aromatic rings. The molecule has 0 spiro atoms. The lowest BCUT2D eigenvalue weighted by Crippen LogP contribution is -2.41. The highest BCUT2D eigenvalue weighted by molar-refractivity contribution is 7.48. The van der Waals surface area contributed by atoms with Gasteiger partial charge in [-0.15, -0.1) is 0 Å². The number of carbonyl (C=O) groups is 4. The Hall–Kier alpha value is -7.33. The highest BCUT2D eigenvalue weighted by Crippen LogP contribution is 2.48. The third kappa shape index (κ3) is 11.6. The van der Waals surface area contributed by atoms with Crippen molar-refractivity contribution in [1.82, 2.24) is 25.3 Å². The molecule has 5 rings (SSSR count). The smallest absolute Gasteiger partial charge is 0.480 e. The molecule has 0 saturated heterocycles.